The number of nitrogens with zero attached hydrogens (tertiary/aromatic N) is 3. The van der Waals surface area contributed by atoms with Crippen LogP contribution in [0, 0.1) is 13.8 Å². The van der Waals surface area contributed by atoms with E-state index in [1.807, 2.05) is 6.07 Å². The number of hydrogen-bond acceptors (Lipinski definition) is 4. The summed E-state index contributed by atoms with van der Waals surface area (Å²) in [6, 6.07) is 10.9. The Kier molecular flexibility index (Phi) is 7.45. The van der Waals surface area contributed by atoms with Crippen molar-refractivity contribution in [3.63, 3.8) is 0 Å². The van der Waals surface area contributed by atoms with Crippen LogP contribution >= 0.6 is 0 Å². The van der Waals surface area contributed by atoms with E-state index < -0.39 is 0 Å². The van der Waals surface area contributed by atoms with Gasteiger partial charge >= 0.3 is 6.03 Å². The number of fused-ring (bicyclic) bond motifs is 3. The Hall–Kier alpha value is -2.99. The molecule has 2 amide bonds. The quantitative estimate of drug-likeness (QED) is 0.427. The van der Waals surface area contributed by atoms with Crippen LogP contribution in [0.2, 0.25) is 0 Å². The van der Waals surface area contributed by atoms with Gasteiger partial charge in [0.1, 0.15) is 11.5 Å². The molecule has 2 aromatic carbocycles. The maximum absolute atomic E-state index is 13.9. The first kappa shape index (κ1) is 26.6. The van der Waals surface area contributed by atoms with Crippen molar-refractivity contribution in [1.82, 2.24) is 14.7 Å². The summed E-state index contributed by atoms with van der Waals surface area (Å²) in [6.45, 7) is 12.9. The molecule has 38 heavy (non-hydrogen) atoms. The molecule has 1 unspecified atom stereocenters. The molecule has 2 saturated heterocycles. The van der Waals surface area contributed by atoms with Crippen LogP contribution in [0.3, 0.4) is 0 Å². The second-order valence-corrected chi connectivity index (χ2v) is 11.2. The van der Waals surface area contributed by atoms with E-state index in [0.29, 0.717) is 12.5 Å². The van der Waals surface area contributed by atoms with E-state index in [4.69, 9.17) is 9.47 Å². The van der Waals surface area contributed by atoms with E-state index in [2.05, 4.69) is 72.7 Å². The lowest BCUT2D eigenvalue weighted by atomic mass is 9.80. The van der Waals surface area contributed by atoms with Gasteiger partial charge in [-0.25, -0.2) is 4.79 Å². The average Bonchev–Trinajstić information content (AvgIpc) is 3.00. The molecule has 0 bridgehead atoms. The SMILES string of the molecule is CCCC1C=C2N(Cc3cc(C)cc(C)c31)C(=O)N(CC)C21CCN(Cc2cc(OC)cc(OC)c2)CC1. The molecule has 0 aliphatic carbocycles. The van der Waals surface area contributed by atoms with Crippen LogP contribution < -0.4 is 9.47 Å². The van der Waals surface area contributed by atoms with Gasteiger partial charge in [0, 0.05) is 43.9 Å². The molecule has 5 rings (SSSR count). The third-order valence-corrected chi connectivity index (χ3v) is 8.84. The predicted molar refractivity (Wildman–Crippen MR) is 152 cm³/mol. The van der Waals surface area contributed by atoms with Gasteiger partial charge in [-0.15, -0.1) is 0 Å². The molecular formula is C32H43N3O3. The van der Waals surface area contributed by atoms with Crippen LogP contribution in [0.15, 0.2) is 42.1 Å². The molecule has 1 spiro atoms. The molecule has 6 heteroatoms. The normalized spacial score (nSPS) is 20.7. The smallest absolute Gasteiger partial charge is 0.325 e. The minimum Gasteiger partial charge on any atom is -0.497 e. The highest BCUT2D eigenvalue weighted by atomic mass is 16.5. The lowest BCUT2D eigenvalue weighted by Gasteiger charge is -2.44. The lowest BCUT2D eigenvalue weighted by molar-refractivity contribution is 0.0887. The van der Waals surface area contributed by atoms with E-state index in [1.165, 1.54) is 33.5 Å². The molecule has 0 radical (unpaired) electrons. The van der Waals surface area contributed by atoms with E-state index in [1.54, 1.807) is 14.2 Å². The second kappa shape index (κ2) is 10.6. The summed E-state index contributed by atoms with van der Waals surface area (Å²) in [7, 11) is 3.39. The van der Waals surface area contributed by atoms with Crippen LogP contribution in [0.25, 0.3) is 0 Å². The molecule has 6 nitrogen and oxygen atoms in total. The Morgan fingerprint density at radius 2 is 1.66 bits per heavy atom. The van der Waals surface area contributed by atoms with Crippen molar-refractivity contribution in [2.24, 2.45) is 0 Å². The number of likely N-dealkylation sites (N-methyl/N-ethyl adjacent to an activating group) is 1. The number of likely N-dealkylation sites (tertiary alicyclic amines) is 1. The molecule has 3 heterocycles. The van der Waals surface area contributed by atoms with Gasteiger partial charge in [-0.1, -0.05) is 37.1 Å². The molecule has 1 atom stereocenters. The van der Waals surface area contributed by atoms with E-state index >= 15 is 0 Å². The van der Waals surface area contributed by atoms with Crippen molar-refractivity contribution >= 4 is 6.03 Å². The fraction of sp³-hybridized carbons (Fsp3) is 0.531. The van der Waals surface area contributed by atoms with Crippen LogP contribution in [0.4, 0.5) is 4.79 Å². The number of benzene rings is 2. The summed E-state index contributed by atoms with van der Waals surface area (Å²) in [4.78, 5) is 20.7. The number of carbonyl (C=O) groups excluding carboxylic acids is 1. The topological polar surface area (TPSA) is 45.3 Å². The standard InChI is InChI=1S/C32H43N3O3/c1-7-9-25-18-29-32(10-12-33(13-11-32)20-24-16-27(37-5)19-28(17-24)38-6)35(8-2)31(36)34(29)21-26-15-22(3)14-23(4)30(25)26/h14-19,25H,7-13,20-21H2,1-6H3. The molecular weight excluding hydrogens is 474 g/mol. The van der Waals surface area contributed by atoms with Crippen LogP contribution in [-0.2, 0) is 13.1 Å². The monoisotopic (exact) mass is 517 g/mol. The largest absolute Gasteiger partial charge is 0.497 e. The van der Waals surface area contributed by atoms with Crippen molar-refractivity contribution in [1.29, 1.82) is 0 Å². The zero-order chi connectivity index (χ0) is 27.0. The molecule has 3 aliphatic rings. The lowest BCUT2D eigenvalue weighted by Crippen LogP contribution is -2.53. The number of methoxy groups -OCH3 is 2. The summed E-state index contributed by atoms with van der Waals surface area (Å²) < 4.78 is 11.0. The summed E-state index contributed by atoms with van der Waals surface area (Å²) >= 11 is 0. The van der Waals surface area contributed by atoms with Gasteiger partial charge < -0.3 is 14.4 Å². The third kappa shape index (κ3) is 4.57. The highest BCUT2D eigenvalue weighted by Gasteiger charge is 2.54. The molecule has 3 aliphatic heterocycles. The number of piperidine rings is 1. The van der Waals surface area contributed by atoms with Gasteiger partial charge in [0.05, 0.1) is 26.3 Å². The number of rotatable bonds is 7. The van der Waals surface area contributed by atoms with Gasteiger partial charge in [-0.2, -0.15) is 0 Å². The number of allylic oxidation sites excluding steroid dienone is 1. The maximum Gasteiger partial charge on any atom is 0.325 e. The Labute approximate surface area is 228 Å². The Morgan fingerprint density at radius 3 is 2.26 bits per heavy atom. The van der Waals surface area contributed by atoms with Crippen molar-refractivity contribution in [3.8, 4) is 11.5 Å². The molecule has 0 aromatic heterocycles. The van der Waals surface area contributed by atoms with Crippen molar-refractivity contribution in [2.45, 2.75) is 77.9 Å². The van der Waals surface area contributed by atoms with Crippen molar-refractivity contribution < 1.29 is 14.3 Å². The molecule has 2 fully saturated rings. The summed E-state index contributed by atoms with van der Waals surface area (Å²) in [6.07, 6.45) is 6.60. The van der Waals surface area contributed by atoms with Crippen molar-refractivity contribution in [3.05, 3.63) is 69.9 Å². The van der Waals surface area contributed by atoms with Gasteiger partial charge in [0.15, 0.2) is 0 Å². The first-order valence-electron chi connectivity index (χ1n) is 14.2. The van der Waals surface area contributed by atoms with E-state index in [0.717, 1.165) is 63.4 Å². The number of hydrogen-bond donors (Lipinski definition) is 0. The zero-order valence-electron chi connectivity index (χ0n) is 24.0. The molecule has 0 saturated carbocycles. The van der Waals surface area contributed by atoms with Gasteiger partial charge in [-0.3, -0.25) is 9.80 Å². The Morgan fingerprint density at radius 1 is 0.974 bits per heavy atom. The third-order valence-electron chi connectivity index (χ3n) is 8.84. The number of amides is 2. The van der Waals surface area contributed by atoms with Gasteiger partial charge in [0.2, 0.25) is 0 Å². The Bertz CT molecular complexity index is 1210. The first-order chi connectivity index (χ1) is 18.3. The number of urea groups is 1. The fourth-order valence-electron chi connectivity index (χ4n) is 7.19. The fourth-order valence-corrected chi connectivity index (χ4v) is 7.19. The van der Waals surface area contributed by atoms with Gasteiger partial charge in [0.25, 0.3) is 0 Å². The van der Waals surface area contributed by atoms with Crippen LogP contribution in [-0.4, -0.2) is 60.1 Å². The summed E-state index contributed by atoms with van der Waals surface area (Å²) in [5, 5.41) is 0. The summed E-state index contributed by atoms with van der Waals surface area (Å²) in [5.74, 6) is 1.98. The zero-order valence-corrected chi connectivity index (χ0v) is 24.0. The van der Waals surface area contributed by atoms with Gasteiger partial charge in [-0.05, 0) is 74.4 Å². The summed E-state index contributed by atoms with van der Waals surface area (Å²) in [5.41, 5.74) is 7.59. The van der Waals surface area contributed by atoms with Crippen molar-refractivity contribution in [2.75, 3.05) is 33.9 Å². The molecule has 204 valence electrons. The van der Waals surface area contributed by atoms with E-state index in [-0.39, 0.29) is 11.6 Å². The van der Waals surface area contributed by atoms with Crippen LogP contribution in [0.5, 0.6) is 11.5 Å². The molecule has 0 N–H and O–H groups in total. The highest BCUT2D eigenvalue weighted by Crippen LogP contribution is 2.48. The number of aryl methyl sites for hydroxylation is 2. The first-order valence-corrected chi connectivity index (χ1v) is 14.2. The minimum absolute atomic E-state index is 0.173. The number of ether oxygens (including phenoxy) is 2. The van der Waals surface area contributed by atoms with E-state index in [9.17, 15) is 4.79 Å². The predicted octanol–water partition coefficient (Wildman–Crippen LogP) is 6.39. The minimum atomic E-state index is -0.231. The van der Waals surface area contributed by atoms with Crippen LogP contribution in [0.1, 0.15) is 73.3 Å². The average molecular weight is 518 g/mol. The molecule has 2 aromatic rings. The second-order valence-electron chi connectivity index (χ2n) is 11.2. The highest BCUT2D eigenvalue weighted by molar-refractivity contribution is 5.83. The maximum atomic E-state index is 13.9. The number of carbonyl (C=O) groups is 1. The Balaban J connectivity index is 1.45.